The molecule has 6 heteroatoms. The van der Waals surface area contributed by atoms with Crippen molar-refractivity contribution in [2.45, 2.75) is 32.6 Å². The molecule has 2 fully saturated rings. The van der Waals surface area contributed by atoms with Gasteiger partial charge in [-0.25, -0.2) is 0 Å². The average Bonchev–Trinajstić information content (AvgIpc) is 3.10. The van der Waals surface area contributed by atoms with Crippen molar-refractivity contribution >= 4 is 22.8 Å². The van der Waals surface area contributed by atoms with Gasteiger partial charge in [0.25, 0.3) is 5.91 Å². The number of amides is 2. The van der Waals surface area contributed by atoms with Gasteiger partial charge < -0.3 is 9.80 Å². The summed E-state index contributed by atoms with van der Waals surface area (Å²) < 4.78 is 0. The van der Waals surface area contributed by atoms with Gasteiger partial charge in [0, 0.05) is 38.6 Å². The third kappa shape index (κ3) is 2.73. The fourth-order valence-corrected chi connectivity index (χ4v) is 4.40. The number of carbonyl (C=O) groups is 2. The van der Waals surface area contributed by atoms with Crippen LogP contribution in [-0.4, -0.2) is 57.8 Å². The first-order valence-electron chi connectivity index (χ1n) is 9.43. The molecule has 0 radical (unpaired) electrons. The van der Waals surface area contributed by atoms with E-state index in [1.165, 1.54) is 0 Å². The molecular weight excluding hydrogens is 328 g/mol. The standard InChI is InChI=1S/C20H24N4O2/c1-2-11-23-12-4-7-20(19(23)26)8-13-24(14-20)18(25)15-5-3-6-16-17(15)22-10-9-21-16/h3,5-6,9-10H,2,4,7-8,11-14H2,1H3. The maximum absolute atomic E-state index is 13.1. The maximum atomic E-state index is 13.1. The number of fused-ring (bicyclic) bond motifs is 1. The van der Waals surface area contributed by atoms with Crippen molar-refractivity contribution in [3.05, 3.63) is 36.2 Å². The van der Waals surface area contributed by atoms with E-state index in [2.05, 4.69) is 16.9 Å². The number of carbonyl (C=O) groups excluding carboxylic acids is 2. The molecule has 3 heterocycles. The summed E-state index contributed by atoms with van der Waals surface area (Å²) in [5, 5.41) is 0. The number of benzene rings is 1. The van der Waals surface area contributed by atoms with E-state index in [9.17, 15) is 9.59 Å². The number of nitrogens with zero attached hydrogens (tertiary/aromatic N) is 4. The second-order valence-electron chi connectivity index (χ2n) is 7.38. The van der Waals surface area contributed by atoms with Crippen LogP contribution in [0.3, 0.4) is 0 Å². The highest BCUT2D eigenvalue weighted by Gasteiger charge is 2.49. The predicted octanol–water partition coefficient (Wildman–Crippen LogP) is 2.49. The summed E-state index contributed by atoms with van der Waals surface area (Å²) in [7, 11) is 0. The van der Waals surface area contributed by atoms with Crippen molar-refractivity contribution < 1.29 is 9.59 Å². The van der Waals surface area contributed by atoms with Crippen molar-refractivity contribution in [1.29, 1.82) is 0 Å². The topological polar surface area (TPSA) is 66.4 Å². The van der Waals surface area contributed by atoms with E-state index in [1.807, 2.05) is 21.9 Å². The molecule has 2 aromatic rings. The third-order valence-electron chi connectivity index (χ3n) is 5.69. The van der Waals surface area contributed by atoms with Gasteiger partial charge in [-0.15, -0.1) is 0 Å². The largest absolute Gasteiger partial charge is 0.342 e. The minimum atomic E-state index is -0.390. The van der Waals surface area contributed by atoms with Crippen LogP contribution in [0.2, 0.25) is 0 Å². The van der Waals surface area contributed by atoms with Gasteiger partial charge in [-0.05, 0) is 37.8 Å². The Morgan fingerprint density at radius 2 is 2.04 bits per heavy atom. The molecule has 1 aromatic carbocycles. The van der Waals surface area contributed by atoms with E-state index in [4.69, 9.17) is 0 Å². The number of hydrogen-bond acceptors (Lipinski definition) is 4. The molecule has 26 heavy (non-hydrogen) atoms. The van der Waals surface area contributed by atoms with Gasteiger partial charge in [0.1, 0.15) is 5.52 Å². The van der Waals surface area contributed by atoms with Crippen LogP contribution in [0.1, 0.15) is 43.0 Å². The molecule has 0 N–H and O–H groups in total. The Bertz CT molecular complexity index is 845. The lowest BCUT2D eigenvalue weighted by molar-refractivity contribution is -0.145. The molecule has 2 aliphatic rings. The molecule has 0 saturated carbocycles. The quantitative estimate of drug-likeness (QED) is 0.851. The van der Waals surface area contributed by atoms with E-state index in [-0.39, 0.29) is 17.2 Å². The lowest BCUT2D eigenvalue weighted by Gasteiger charge is -2.39. The summed E-state index contributed by atoms with van der Waals surface area (Å²) in [6, 6.07) is 5.50. The van der Waals surface area contributed by atoms with Crippen LogP contribution < -0.4 is 0 Å². The Morgan fingerprint density at radius 1 is 1.19 bits per heavy atom. The van der Waals surface area contributed by atoms with Crippen LogP contribution in [-0.2, 0) is 4.79 Å². The number of para-hydroxylation sites is 1. The van der Waals surface area contributed by atoms with E-state index in [0.29, 0.717) is 24.2 Å². The van der Waals surface area contributed by atoms with E-state index >= 15 is 0 Å². The second kappa shape index (κ2) is 6.67. The van der Waals surface area contributed by atoms with E-state index in [0.717, 1.165) is 44.3 Å². The first-order chi connectivity index (χ1) is 12.6. The summed E-state index contributed by atoms with van der Waals surface area (Å²) in [4.78, 5) is 38.6. The van der Waals surface area contributed by atoms with Gasteiger partial charge in [0.2, 0.25) is 5.91 Å². The Morgan fingerprint density at radius 3 is 2.88 bits per heavy atom. The maximum Gasteiger partial charge on any atom is 0.256 e. The second-order valence-corrected chi connectivity index (χ2v) is 7.38. The van der Waals surface area contributed by atoms with Crippen molar-refractivity contribution in [3.63, 3.8) is 0 Å². The fraction of sp³-hybridized carbons (Fsp3) is 0.500. The molecule has 136 valence electrons. The summed E-state index contributed by atoms with van der Waals surface area (Å²) >= 11 is 0. The third-order valence-corrected chi connectivity index (χ3v) is 5.69. The Balaban J connectivity index is 1.58. The predicted molar refractivity (Wildman–Crippen MR) is 98.6 cm³/mol. The monoisotopic (exact) mass is 352 g/mol. The minimum absolute atomic E-state index is 0.0478. The number of likely N-dealkylation sites (tertiary alicyclic amines) is 2. The lowest BCUT2D eigenvalue weighted by Crippen LogP contribution is -2.50. The highest BCUT2D eigenvalue weighted by atomic mass is 16.2. The molecule has 2 saturated heterocycles. The molecular formula is C20H24N4O2. The van der Waals surface area contributed by atoms with Crippen LogP contribution in [0.5, 0.6) is 0 Å². The summed E-state index contributed by atoms with van der Waals surface area (Å²) in [5.41, 5.74) is 1.53. The van der Waals surface area contributed by atoms with Crippen LogP contribution in [0.15, 0.2) is 30.6 Å². The Labute approximate surface area is 153 Å². The van der Waals surface area contributed by atoms with Gasteiger partial charge in [0.05, 0.1) is 16.5 Å². The van der Waals surface area contributed by atoms with E-state index < -0.39 is 0 Å². The molecule has 6 nitrogen and oxygen atoms in total. The van der Waals surface area contributed by atoms with Gasteiger partial charge in [-0.2, -0.15) is 0 Å². The zero-order valence-corrected chi connectivity index (χ0v) is 15.1. The SMILES string of the molecule is CCCN1CCCC2(CCN(C(=O)c3cccc4nccnc34)C2)C1=O. The van der Waals surface area contributed by atoms with Gasteiger partial charge >= 0.3 is 0 Å². The highest BCUT2D eigenvalue weighted by Crippen LogP contribution is 2.40. The molecule has 1 aromatic heterocycles. The van der Waals surface area contributed by atoms with Crippen LogP contribution in [0, 0.1) is 5.41 Å². The molecule has 1 atom stereocenters. The minimum Gasteiger partial charge on any atom is -0.342 e. The van der Waals surface area contributed by atoms with Crippen molar-refractivity contribution in [3.8, 4) is 0 Å². The number of aromatic nitrogens is 2. The zero-order valence-electron chi connectivity index (χ0n) is 15.1. The Hall–Kier alpha value is -2.50. The number of piperidine rings is 1. The summed E-state index contributed by atoms with van der Waals surface area (Å²) in [6.07, 6.45) is 6.87. The average molecular weight is 352 g/mol. The molecule has 0 bridgehead atoms. The lowest BCUT2D eigenvalue weighted by atomic mass is 9.78. The molecule has 4 rings (SSSR count). The highest BCUT2D eigenvalue weighted by molar-refractivity contribution is 6.05. The van der Waals surface area contributed by atoms with Gasteiger partial charge in [0.15, 0.2) is 0 Å². The Kier molecular flexibility index (Phi) is 4.34. The molecule has 1 spiro atoms. The molecule has 2 aliphatic heterocycles. The summed E-state index contributed by atoms with van der Waals surface area (Å²) in [5.74, 6) is 0.187. The smallest absolute Gasteiger partial charge is 0.256 e. The fourth-order valence-electron chi connectivity index (χ4n) is 4.40. The van der Waals surface area contributed by atoms with Crippen molar-refractivity contribution in [2.24, 2.45) is 5.41 Å². The first kappa shape index (κ1) is 16.9. The van der Waals surface area contributed by atoms with Crippen LogP contribution in [0.25, 0.3) is 11.0 Å². The molecule has 1 unspecified atom stereocenters. The molecule has 2 amide bonds. The number of hydrogen-bond donors (Lipinski definition) is 0. The van der Waals surface area contributed by atoms with E-state index in [1.54, 1.807) is 18.5 Å². The van der Waals surface area contributed by atoms with Gasteiger partial charge in [-0.3, -0.25) is 19.6 Å². The van der Waals surface area contributed by atoms with Crippen LogP contribution in [0.4, 0.5) is 0 Å². The van der Waals surface area contributed by atoms with Crippen LogP contribution >= 0.6 is 0 Å². The zero-order chi connectivity index (χ0) is 18.1. The van der Waals surface area contributed by atoms with Crippen molar-refractivity contribution in [1.82, 2.24) is 19.8 Å². The molecule has 0 aliphatic carbocycles. The van der Waals surface area contributed by atoms with Crippen molar-refractivity contribution in [2.75, 3.05) is 26.2 Å². The normalized spacial score (nSPS) is 23.2. The summed E-state index contributed by atoms with van der Waals surface area (Å²) in [6.45, 7) is 4.90. The number of rotatable bonds is 3. The van der Waals surface area contributed by atoms with Gasteiger partial charge in [-0.1, -0.05) is 13.0 Å². The first-order valence-corrected chi connectivity index (χ1v) is 9.43.